The summed E-state index contributed by atoms with van der Waals surface area (Å²) in [6.45, 7) is 5.23. The van der Waals surface area contributed by atoms with Crippen LogP contribution >= 0.6 is 11.3 Å². The molecule has 0 aromatic carbocycles. The Hall–Kier alpha value is -0.410. The van der Waals surface area contributed by atoms with Crippen molar-refractivity contribution in [2.45, 2.75) is 19.8 Å². The van der Waals surface area contributed by atoms with E-state index in [1.165, 1.54) is 5.01 Å². The van der Waals surface area contributed by atoms with Crippen molar-refractivity contribution in [1.29, 1.82) is 0 Å². The van der Waals surface area contributed by atoms with Gasteiger partial charge in [-0.05, 0) is 14.0 Å². The van der Waals surface area contributed by atoms with Gasteiger partial charge in [0, 0.05) is 23.5 Å². The van der Waals surface area contributed by atoms with E-state index in [1.54, 1.807) is 11.3 Å². The van der Waals surface area contributed by atoms with Gasteiger partial charge in [-0.25, -0.2) is 4.98 Å². The molecule has 1 heterocycles. The predicted molar refractivity (Wildman–Crippen MR) is 49.2 cm³/mol. The van der Waals surface area contributed by atoms with E-state index in [0.717, 1.165) is 12.2 Å². The van der Waals surface area contributed by atoms with Crippen LogP contribution in [0.4, 0.5) is 0 Å². The molecule has 1 N–H and O–H groups in total. The van der Waals surface area contributed by atoms with Gasteiger partial charge in [0.1, 0.15) is 0 Å². The lowest BCUT2D eigenvalue weighted by atomic mass is 10.2. The van der Waals surface area contributed by atoms with Crippen LogP contribution in [0.2, 0.25) is 0 Å². The molecule has 0 saturated carbocycles. The first-order valence-corrected chi connectivity index (χ1v) is 4.68. The number of nitrogens with one attached hydrogen (secondary N) is 1. The lowest BCUT2D eigenvalue weighted by molar-refractivity contribution is 0.672. The molecular weight excluding hydrogens is 156 g/mol. The molecule has 0 radical (unpaired) electrons. The van der Waals surface area contributed by atoms with Gasteiger partial charge in [0.05, 0.1) is 5.01 Å². The van der Waals surface area contributed by atoms with Crippen LogP contribution in [0.3, 0.4) is 0 Å². The average molecular weight is 170 g/mol. The standard InChI is InChI=1S/C8H14N2S/c1-6(4-9-3)8-10-7(2)5-11-8/h5-6,9H,4H2,1-3H3. The molecule has 1 aromatic rings. The van der Waals surface area contributed by atoms with E-state index in [2.05, 4.69) is 22.6 Å². The third-order valence-electron chi connectivity index (χ3n) is 1.57. The monoisotopic (exact) mass is 170 g/mol. The molecule has 0 aliphatic rings. The fourth-order valence-corrected chi connectivity index (χ4v) is 1.85. The van der Waals surface area contributed by atoms with Gasteiger partial charge < -0.3 is 5.32 Å². The molecule has 1 unspecified atom stereocenters. The summed E-state index contributed by atoms with van der Waals surface area (Å²) in [6, 6.07) is 0. The van der Waals surface area contributed by atoms with E-state index in [4.69, 9.17) is 0 Å². The van der Waals surface area contributed by atoms with E-state index in [-0.39, 0.29) is 0 Å². The van der Waals surface area contributed by atoms with Gasteiger partial charge in [-0.3, -0.25) is 0 Å². The normalized spacial score (nSPS) is 13.4. The SMILES string of the molecule is CNCC(C)c1nc(C)cs1. The average Bonchev–Trinajstić information content (AvgIpc) is 2.36. The molecule has 0 aliphatic carbocycles. The minimum Gasteiger partial charge on any atom is -0.319 e. The second-order valence-corrected chi connectivity index (χ2v) is 3.68. The predicted octanol–water partition coefficient (Wildman–Crippen LogP) is 1.77. The highest BCUT2D eigenvalue weighted by molar-refractivity contribution is 7.09. The van der Waals surface area contributed by atoms with Gasteiger partial charge in [-0.2, -0.15) is 0 Å². The summed E-state index contributed by atoms with van der Waals surface area (Å²) < 4.78 is 0. The van der Waals surface area contributed by atoms with Gasteiger partial charge in [-0.1, -0.05) is 6.92 Å². The van der Waals surface area contributed by atoms with Crippen molar-refractivity contribution < 1.29 is 0 Å². The zero-order valence-electron chi connectivity index (χ0n) is 7.22. The molecule has 1 rings (SSSR count). The highest BCUT2D eigenvalue weighted by atomic mass is 32.1. The minimum absolute atomic E-state index is 0.540. The molecule has 2 nitrogen and oxygen atoms in total. The van der Waals surface area contributed by atoms with Gasteiger partial charge in [0.2, 0.25) is 0 Å². The zero-order chi connectivity index (χ0) is 8.27. The van der Waals surface area contributed by atoms with E-state index in [1.807, 2.05) is 14.0 Å². The van der Waals surface area contributed by atoms with Crippen molar-refractivity contribution in [2.75, 3.05) is 13.6 Å². The number of rotatable bonds is 3. The summed E-state index contributed by atoms with van der Waals surface area (Å²) in [5.74, 6) is 0.540. The lowest BCUT2D eigenvalue weighted by Gasteiger charge is -2.05. The molecule has 62 valence electrons. The maximum Gasteiger partial charge on any atom is 0.0969 e. The third kappa shape index (κ3) is 2.27. The van der Waals surface area contributed by atoms with Crippen LogP contribution in [-0.4, -0.2) is 18.6 Å². The third-order valence-corrected chi connectivity index (χ3v) is 2.76. The Morgan fingerprint density at radius 3 is 2.91 bits per heavy atom. The van der Waals surface area contributed by atoms with E-state index in [9.17, 15) is 0 Å². The van der Waals surface area contributed by atoms with Gasteiger partial charge in [0.25, 0.3) is 0 Å². The first-order valence-electron chi connectivity index (χ1n) is 3.80. The van der Waals surface area contributed by atoms with Crippen molar-refractivity contribution in [3.63, 3.8) is 0 Å². The molecule has 0 spiro atoms. The number of hydrogen-bond acceptors (Lipinski definition) is 3. The van der Waals surface area contributed by atoms with Crippen LogP contribution in [0.5, 0.6) is 0 Å². The van der Waals surface area contributed by atoms with Crippen molar-refractivity contribution in [3.05, 3.63) is 16.1 Å². The Morgan fingerprint density at radius 2 is 2.45 bits per heavy atom. The number of aromatic nitrogens is 1. The van der Waals surface area contributed by atoms with Crippen LogP contribution in [0.15, 0.2) is 5.38 Å². The number of likely N-dealkylation sites (N-methyl/N-ethyl adjacent to an activating group) is 1. The van der Waals surface area contributed by atoms with Gasteiger partial charge >= 0.3 is 0 Å². The van der Waals surface area contributed by atoms with E-state index >= 15 is 0 Å². The summed E-state index contributed by atoms with van der Waals surface area (Å²) in [6.07, 6.45) is 0. The van der Waals surface area contributed by atoms with Crippen molar-refractivity contribution >= 4 is 11.3 Å². The van der Waals surface area contributed by atoms with Crippen LogP contribution < -0.4 is 5.32 Å². The molecule has 1 atom stereocenters. The van der Waals surface area contributed by atoms with Crippen molar-refractivity contribution in [2.24, 2.45) is 0 Å². The minimum atomic E-state index is 0.540. The fraction of sp³-hybridized carbons (Fsp3) is 0.625. The fourth-order valence-electron chi connectivity index (χ4n) is 0.992. The Bertz CT molecular complexity index is 220. The maximum atomic E-state index is 4.41. The molecule has 0 fully saturated rings. The number of thiazole rings is 1. The molecular formula is C8H14N2S. The van der Waals surface area contributed by atoms with Crippen LogP contribution in [-0.2, 0) is 0 Å². The van der Waals surface area contributed by atoms with E-state index in [0.29, 0.717) is 5.92 Å². The second-order valence-electron chi connectivity index (χ2n) is 2.79. The van der Waals surface area contributed by atoms with Gasteiger partial charge in [-0.15, -0.1) is 11.3 Å². The van der Waals surface area contributed by atoms with Crippen LogP contribution in [0.25, 0.3) is 0 Å². The van der Waals surface area contributed by atoms with Crippen LogP contribution in [0.1, 0.15) is 23.5 Å². The quantitative estimate of drug-likeness (QED) is 0.748. The number of hydrogen-bond donors (Lipinski definition) is 1. The molecule has 11 heavy (non-hydrogen) atoms. The van der Waals surface area contributed by atoms with Gasteiger partial charge in [0.15, 0.2) is 0 Å². The summed E-state index contributed by atoms with van der Waals surface area (Å²) in [5.41, 5.74) is 1.13. The summed E-state index contributed by atoms with van der Waals surface area (Å²) in [7, 11) is 1.97. The molecule has 0 bridgehead atoms. The molecule has 1 aromatic heterocycles. The summed E-state index contributed by atoms with van der Waals surface area (Å²) >= 11 is 1.75. The highest BCUT2D eigenvalue weighted by Gasteiger charge is 2.06. The largest absolute Gasteiger partial charge is 0.319 e. The second kappa shape index (κ2) is 3.83. The highest BCUT2D eigenvalue weighted by Crippen LogP contribution is 2.18. The topological polar surface area (TPSA) is 24.9 Å². The Labute approximate surface area is 71.7 Å². The van der Waals surface area contributed by atoms with Crippen molar-refractivity contribution in [1.82, 2.24) is 10.3 Å². The summed E-state index contributed by atoms with van der Waals surface area (Å²) in [5, 5.41) is 6.47. The smallest absolute Gasteiger partial charge is 0.0969 e. The van der Waals surface area contributed by atoms with Crippen LogP contribution in [0, 0.1) is 6.92 Å². The summed E-state index contributed by atoms with van der Waals surface area (Å²) in [4.78, 5) is 4.41. The zero-order valence-corrected chi connectivity index (χ0v) is 8.03. The Kier molecular flexibility index (Phi) is 3.02. The van der Waals surface area contributed by atoms with E-state index < -0.39 is 0 Å². The molecule has 0 aliphatic heterocycles. The maximum absolute atomic E-state index is 4.41. The first-order chi connectivity index (χ1) is 5.24. The number of aryl methyl sites for hydroxylation is 1. The number of nitrogens with zero attached hydrogens (tertiary/aromatic N) is 1. The molecule has 3 heteroatoms. The van der Waals surface area contributed by atoms with Crippen molar-refractivity contribution in [3.8, 4) is 0 Å². The molecule has 0 saturated heterocycles. The molecule has 0 amide bonds. The first kappa shape index (κ1) is 8.68. The Balaban J connectivity index is 2.60. The Morgan fingerprint density at radius 1 is 1.73 bits per heavy atom. The lowest BCUT2D eigenvalue weighted by Crippen LogP contribution is -2.14.